The van der Waals surface area contributed by atoms with Gasteiger partial charge in [0.25, 0.3) is 11.2 Å². The maximum atomic E-state index is 6.35. The van der Waals surface area contributed by atoms with Crippen LogP contribution in [-0.2, 0) is 37.3 Å². The average molecular weight is 427 g/mol. The molecule has 0 saturated carbocycles. The number of ether oxygens (including phenoxy) is 3. The molecule has 0 rings (SSSR count). The molecule has 0 spiro atoms. The predicted molar refractivity (Wildman–Crippen MR) is 109 cm³/mol. The smallest absolute Gasteiger partial charge is 0.371 e. The minimum absolute atomic E-state index is 0.357. The topological polar surface area (TPSA) is 73.8 Å². The van der Waals surface area contributed by atoms with E-state index in [-0.39, 0.29) is 0 Å². The van der Waals surface area contributed by atoms with Crippen LogP contribution in [0.4, 0.5) is 0 Å². The zero-order valence-corrected chi connectivity index (χ0v) is 20.1. The molecule has 170 valence electrons. The first-order valence-corrected chi connectivity index (χ1v) is 12.2. The van der Waals surface area contributed by atoms with Crippen molar-refractivity contribution in [1.29, 1.82) is 0 Å². The van der Waals surface area contributed by atoms with Crippen LogP contribution in [0.1, 0.15) is 67.7 Å². The molecular formula is C19H42O8Si. The minimum Gasteiger partial charge on any atom is -0.371 e. The second-order valence-corrected chi connectivity index (χ2v) is 8.85. The second kappa shape index (κ2) is 14.8. The lowest BCUT2D eigenvalue weighted by molar-refractivity contribution is -0.482. The van der Waals surface area contributed by atoms with Gasteiger partial charge in [-0.3, -0.25) is 0 Å². The van der Waals surface area contributed by atoms with Gasteiger partial charge < -0.3 is 27.5 Å². The van der Waals surface area contributed by atoms with E-state index in [1.165, 1.54) is 7.11 Å². The standard InChI is InChI=1S/C19H42O8Si/c1-9-15-21-18(7,27-20-8)19(22-16-10-2,23-17-11-3)28(24-12-4,25-13-5)26-14-6/h9-17H2,1-8H3. The fourth-order valence-corrected chi connectivity index (χ4v) is 6.05. The third kappa shape index (κ3) is 6.71. The summed E-state index contributed by atoms with van der Waals surface area (Å²) in [6, 6.07) is 0. The third-order valence-electron chi connectivity index (χ3n) is 3.85. The Morgan fingerprint density at radius 1 is 0.643 bits per heavy atom. The highest BCUT2D eigenvalue weighted by molar-refractivity contribution is 6.64. The van der Waals surface area contributed by atoms with Gasteiger partial charge in [0, 0.05) is 33.0 Å². The lowest BCUT2D eigenvalue weighted by atomic mass is 10.3. The van der Waals surface area contributed by atoms with Crippen LogP contribution in [0, 0.1) is 0 Å². The first-order valence-electron chi connectivity index (χ1n) is 10.5. The molecular weight excluding hydrogens is 384 g/mol. The fraction of sp³-hybridized carbons (Fsp3) is 1.00. The minimum atomic E-state index is -3.65. The molecule has 0 aromatic heterocycles. The van der Waals surface area contributed by atoms with Crippen molar-refractivity contribution in [2.75, 3.05) is 46.8 Å². The van der Waals surface area contributed by atoms with Crippen molar-refractivity contribution >= 4 is 8.80 Å². The Bertz CT molecular complexity index is 360. The highest BCUT2D eigenvalue weighted by Gasteiger charge is 2.75. The molecule has 0 aliphatic rings. The molecule has 0 radical (unpaired) electrons. The zero-order valence-electron chi connectivity index (χ0n) is 19.1. The Kier molecular flexibility index (Phi) is 14.8. The van der Waals surface area contributed by atoms with E-state index in [2.05, 4.69) is 0 Å². The summed E-state index contributed by atoms with van der Waals surface area (Å²) >= 11 is 0. The Labute approximate surface area is 172 Å². The highest BCUT2D eigenvalue weighted by Crippen LogP contribution is 2.42. The van der Waals surface area contributed by atoms with Gasteiger partial charge in [0.15, 0.2) is 0 Å². The third-order valence-corrected chi connectivity index (χ3v) is 7.40. The van der Waals surface area contributed by atoms with E-state index in [0.29, 0.717) is 39.6 Å². The van der Waals surface area contributed by atoms with Crippen LogP contribution in [0.2, 0.25) is 0 Å². The Hall–Kier alpha value is -0.103. The molecule has 1 unspecified atom stereocenters. The van der Waals surface area contributed by atoms with Gasteiger partial charge in [-0.15, -0.1) is 0 Å². The summed E-state index contributed by atoms with van der Waals surface area (Å²) in [5.41, 5.74) is -1.57. The van der Waals surface area contributed by atoms with Crippen LogP contribution in [0.3, 0.4) is 0 Å². The van der Waals surface area contributed by atoms with Crippen molar-refractivity contribution in [3.05, 3.63) is 0 Å². The first-order chi connectivity index (χ1) is 13.4. The van der Waals surface area contributed by atoms with Crippen LogP contribution in [0.5, 0.6) is 0 Å². The second-order valence-electron chi connectivity index (χ2n) is 6.21. The van der Waals surface area contributed by atoms with Gasteiger partial charge in [0.2, 0.25) is 0 Å². The van der Waals surface area contributed by atoms with E-state index in [1.54, 1.807) is 6.92 Å². The lowest BCUT2D eigenvalue weighted by Gasteiger charge is -2.50. The van der Waals surface area contributed by atoms with E-state index >= 15 is 0 Å². The van der Waals surface area contributed by atoms with Gasteiger partial charge in [0.1, 0.15) is 0 Å². The molecule has 0 bridgehead atoms. The number of hydrogen-bond donors (Lipinski definition) is 0. The molecule has 9 heteroatoms. The average Bonchev–Trinajstić information content (AvgIpc) is 2.67. The maximum absolute atomic E-state index is 6.35. The summed E-state index contributed by atoms with van der Waals surface area (Å²) in [7, 11) is -2.23. The number of hydrogen-bond acceptors (Lipinski definition) is 8. The van der Waals surface area contributed by atoms with Crippen molar-refractivity contribution in [3.63, 3.8) is 0 Å². The van der Waals surface area contributed by atoms with Gasteiger partial charge in [-0.1, -0.05) is 20.8 Å². The SMILES string of the molecule is CCCOC(C)(OOC)C(OCCC)(OCCC)[Si](OCC)(OCC)OCC. The molecule has 0 saturated heterocycles. The molecule has 0 amide bonds. The molecule has 0 N–H and O–H groups in total. The molecule has 0 aromatic rings. The Morgan fingerprint density at radius 2 is 1.04 bits per heavy atom. The van der Waals surface area contributed by atoms with Crippen LogP contribution in [0.25, 0.3) is 0 Å². The van der Waals surface area contributed by atoms with E-state index in [0.717, 1.165) is 19.3 Å². The Balaban J connectivity index is 6.66. The maximum Gasteiger partial charge on any atom is 0.570 e. The van der Waals surface area contributed by atoms with Crippen molar-refractivity contribution < 1.29 is 37.3 Å². The van der Waals surface area contributed by atoms with Crippen LogP contribution in [0.15, 0.2) is 0 Å². The van der Waals surface area contributed by atoms with Crippen LogP contribution in [-0.4, -0.2) is 66.8 Å². The molecule has 0 aromatic carbocycles. The van der Waals surface area contributed by atoms with Gasteiger partial charge in [-0.05, 0) is 47.0 Å². The van der Waals surface area contributed by atoms with Crippen molar-refractivity contribution in [3.8, 4) is 0 Å². The number of rotatable bonds is 19. The molecule has 0 fully saturated rings. The summed E-state index contributed by atoms with van der Waals surface area (Å²) in [5, 5.41) is 0. The largest absolute Gasteiger partial charge is 0.570 e. The van der Waals surface area contributed by atoms with Gasteiger partial charge >= 0.3 is 8.80 Å². The molecule has 0 aliphatic heterocycles. The fourth-order valence-electron chi connectivity index (χ4n) is 2.86. The zero-order chi connectivity index (χ0) is 21.5. The van der Waals surface area contributed by atoms with Crippen molar-refractivity contribution in [2.24, 2.45) is 0 Å². The van der Waals surface area contributed by atoms with Crippen molar-refractivity contribution in [2.45, 2.75) is 78.9 Å². The lowest BCUT2D eigenvalue weighted by Crippen LogP contribution is -2.77. The molecule has 28 heavy (non-hydrogen) atoms. The van der Waals surface area contributed by atoms with Crippen LogP contribution < -0.4 is 0 Å². The highest BCUT2D eigenvalue weighted by atomic mass is 28.4. The summed E-state index contributed by atoms with van der Waals surface area (Å²) < 4.78 is 37.3. The summed E-state index contributed by atoms with van der Waals surface area (Å²) in [5.74, 6) is -1.48. The molecule has 0 aliphatic carbocycles. The normalized spacial score (nSPS) is 15.0. The molecule has 1 atom stereocenters. The van der Waals surface area contributed by atoms with Gasteiger partial charge in [-0.2, -0.15) is 4.89 Å². The monoisotopic (exact) mass is 426 g/mol. The van der Waals surface area contributed by atoms with Crippen molar-refractivity contribution in [1.82, 2.24) is 0 Å². The van der Waals surface area contributed by atoms with Gasteiger partial charge in [-0.25, -0.2) is 4.89 Å². The van der Waals surface area contributed by atoms with E-state index in [4.69, 9.17) is 37.3 Å². The molecule has 0 heterocycles. The predicted octanol–water partition coefficient (Wildman–Crippen LogP) is 3.84. The summed E-state index contributed by atoms with van der Waals surface area (Å²) in [4.78, 5) is 10.7. The molecule has 8 nitrogen and oxygen atoms in total. The first kappa shape index (κ1) is 27.9. The quantitative estimate of drug-likeness (QED) is 0.133. The Morgan fingerprint density at radius 3 is 1.36 bits per heavy atom. The van der Waals surface area contributed by atoms with E-state index in [9.17, 15) is 0 Å². The summed E-state index contributed by atoms with van der Waals surface area (Å²) in [6.45, 7) is 15.6. The summed E-state index contributed by atoms with van der Waals surface area (Å²) in [6.07, 6.45) is 2.28. The van der Waals surface area contributed by atoms with Crippen LogP contribution >= 0.6 is 0 Å². The van der Waals surface area contributed by atoms with Gasteiger partial charge in [0.05, 0.1) is 13.7 Å². The van der Waals surface area contributed by atoms with E-state index < -0.39 is 20.0 Å². The van der Waals surface area contributed by atoms with E-state index in [1.807, 2.05) is 41.5 Å².